The van der Waals surface area contributed by atoms with Crippen molar-refractivity contribution in [3.05, 3.63) is 46.7 Å². The number of hydrogen-bond acceptors (Lipinski definition) is 8. The van der Waals surface area contributed by atoms with Gasteiger partial charge in [-0.2, -0.15) is 0 Å². The highest BCUT2D eigenvalue weighted by Crippen LogP contribution is 2.28. The van der Waals surface area contributed by atoms with Gasteiger partial charge in [-0.25, -0.2) is 0 Å². The molecule has 6 amide bonds. The number of carbonyl (C=O) groups is 6. The molecule has 0 aliphatic carbocycles. The van der Waals surface area contributed by atoms with Gasteiger partial charge in [0.1, 0.15) is 12.3 Å². The molecule has 0 saturated carbocycles. The van der Waals surface area contributed by atoms with Crippen LogP contribution in [0.25, 0.3) is 0 Å². The first-order valence-electron chi connectivity index (χ1n) is 11.5. The van der Waals surface area contributed by atoms with Crippen molar-refractivity contribution in [1.29, 1.82) is 0 Å². The molecule has 0 bridgehead atoms. The van der Waals surface area contributed by atoms with Gasteiger partial charge in [-0.3, -0.25) is 44.3 Å². The van der Waals surface area contributed by atoms with Crippen molar-refractivity contribution >= 4 is 41.3 Å². The van der Waals surface area contributed by atoms with E-state index in [1.165, 1.54) is 12.3 Å². The predicted molar refractivity (Wildman–Crippen MR) is 124 cm³/mol. The zero-order valence-corrected chi connectivity index (χ0v) is 19.8. The number of carbonyl (C=O) groups excluding carboxylic acids is 6. The summed E-state index contributed by atoms with van der Waals surface area (Å²) in [5.74, 6) is -3.66. The first-order valence-corrected chi connectivity index (χ1v) is 11.5. The van der Waals surface area contributed by atoms with Crippen molar-refractivity contribution in [3.63, 3.8) is 0 Å². The Kier molecular flexibility index (Phi) is 6.95. The smallest absolute Gasteiger partial charge is 0.314 e. The number of nitrogens with zero attached hydrogens (tertiary/aromatic N) is 2. The van der Waals surface area contributed by atoms with E-state index in [2.05, 4.69) is 21.1 Å². The number of nitrogens with one attached hydrogen (secondary N) is 3. The van der Waals surface area contributed by atoms with Crippen LogP contribution in [0.4, 0.5) is 5.82 Å². The lowest BCUT2D eigenvalue weighted by molar-refractivity contribution is -0.136. The SMILES string of the molecule is CC(C)c1conc1NC(=O)C(=O)NCCCc1ccc2c(c1)C(=O)N(C1CCC(=O)NC1=O)C2=O. The Morgan fingerprint density at radius 3 is 2.61 bits per heavy atom. The fourth-order valence-electron chi connectivity index (χ4n) is 4.16. The monoisotopic (exact) mass is 495 g/mol. The van der Waals surface area contributed by atoms with E-state index >= 15 is 0 Å². The molecule has 36 heavy (non-hydrogen) atoms. The summed E-state index contributed by atoms with van der Waals surface area (Å²) >= 11 is 0. The van der Waals surface area contributed by atoms with Crippen LogP contribution >= 0.6 is 0 Å². The summed E-state index contributed by atoms with van der Waals surface area (Å²) in [4.78, 5) is 74.4. The van der Waals surface area contributed by atoms with Crippen LogP contribution in [0.3, 0.4) is 0 Å². The molecule has 2 aliphatic rings. The van der Waals surface area contributed by atoms with Crippen LogP contribution in [0.15, 0.2) is 29.0 Å². The van der Waals surface area contributed by atoms with Crippen LogP contribution in [-0.2, 0) is 25.6 Å². The molecule has 188 valence electrons. The molecular formula is C24H25N5O7. The fraction of sp³-hybridized carbons (Fsp3) is 0.375. The molecule has 12 nitrogen and oxygen atoms in total. The molecule has 2 aliphatic heterocycles. The minimum absolute atomic E-state index is 0.0519. The number of aromatic nitrogens is 1. The first kappa shape index (κ1) is 24.8. The van der Waals surface area contributed by atoms with Crippen LogP contribution < -0.4 is 16.0 Å². The van der Waals surface area contributed by atoms with Gasteiger partial charge in [0.05, 0.1) is 11.1 Å². The largest absolute Gasteiger partial charge is 0.362 e. The van der Waals surface area contributed by atoms with Gasteiger partial charge in [-0.1, -0.05) is 25.1 Å². The second-order valence-electron chi connectivity index (χ2n) is 8.91. The van der Waals surface area contributed by atoms with Crippen molar-refractivity contribution in [1.82, 2.24) is 20.7 Å². The van der Waals surface area contributed by atoms with Crippen molar-refractivity contribution in [2.24, 2.45) is 0 Å². The number of amides is 6. The second kappa shape index (κ2) is 10.1. The molecule has 1 fully saturated rings. The molecule has 0 spiro atoms. The molecular weight excluding hydrogens is 470 g/mol. The van der Waals surface area contributed by atoms with E-state index in [0.717, 1.165) is 10.5 Å². The standard InChI is InChI=1S/C24H25N5O7/c1-12(2)16-11-36-28-19(16)27-22(33)21(32)25-9-3-4-13-5-6-14-15(10-13)24(35)29(23(14)34)17-7-8-18(30)26-20(17)31/h5-6,10-12,17H,3-4,7-9H2,1-2H3,(H,25,32)(H,26,30,31)(H,27,28,33). The van der Waals surface area contributed by atoms with E-state index in [0.29, 0.717) is 18.4 Å². The third kappa shape index (κ3) is 4.88. The van der Waals surface area contributed by atoms with E-state index in [1.807, 2.05) is 13.8 Å². The highest BCUT2D eigenvalue weighted by molar-refractivity contribution is 6.39. The predicted octanol–water partition coefficient (Wildman–Crippen LogP) is 0.887. The molecule has 1 aromatic heterocycles. The summed E-state index contributed by atoms with van der Waals surface area (Å²) in [6.07, 6.45) is 2.49. The van der Waals surface area contributed by atoms with Crippen molar-refractivity contribution in [3.8, 4) is 0 Å². The molecule has 3 heterocycles. The Labute approximate surface area is 205 Å². The minimum atomic E-state index is -1.02. The van der Waals surface area contributed by atoms with Crippen LogP contribution in [0.5, 0.6) is 0 Å². The second-order valence-corrected chi connectivity index (χ2v) is 8.91. The van der Waals surface area contributed by atoms with Gasteiger partial charge in [0, 0.05) is 18.5 Å². The quantitative estimate of drug-likeness (QED) is 0.289. The van der Waals surface area contributed by atoms with Crippen LogP contribution in [-0.4, -0.2) is 58.1 Å². The highest BCUT2D eigenvalue weighted by atomic mass is 16.5. The number of fused-ring (bicyclic) bond motifs is 1. The topological polar surface area (TPSA) is 168 Å². The molecule has 1 aromatic carbocycles. The Bertz CT molecular complexity index is 1270. The average molecular weight is 495 g/mol. The van der Waals surface area contributed by atoms with Gasteiger partial charge < -0.3 is 9.84 Å². The van der Waals surface area contributed by atoms with Gasteiger partial charge in [0.2, 0.25) is 11.8 Å². The van der Waals surface area contributed by atoms with E-state index in [-0.39, 0.29) is 42.2 Å². The normalized spacial score (nSPS) is 17.3. The molecule has 1 unspecified atom stereocenters. The van der Waals surface area contributed by atoms with E-state index < -0.39 is 41.5 Å². The summed E-state index contributed by atoms with van der Waals surface area (Å²) in [5.41, 5.74) is 1.83. The molecule has 1 saturated heterocycles. The van der Waals surface area contributed by atoms with E-state index in [4.69, 9.17) is 4.52 Å². The van der Waals surface area contributed by atoms with Gasteiger partial charge in [0.25, 0.3) is 11.8 Å². The van der Waals surface area contributed by atoms with Crippen molar-refractivity contribution in [2.45, 2.75) is 51.5 Å². The lowest BCUT2D eigenvalue weighted by Gasteiger charge is -2.27. The number of rotatable bonds is 7. The maximum Gasteiger partial charge on any atom is 0.314 e. The Balaban J connectivity index is 1.30. The highest BCUT2D eigenvalue weighted by Gasteiger charge is 2.44. The maximum absolute atomic E-state index is 12.9. The molecule has 0 radical (unpaired) electrons. The van der Waals surface area contributed by atoms with Crippen LogP contribution in [0.2, 0.25) is 0 Å². The average Bonchev–Trinajstić information content (AvgIpc) is 3.39. The number of piperidine rings is 1. The molecule has 3 N–H and O–H groups in total. The molecule has 1 atom stereocenters. The maximum atomic E-state index is 12.9. The van der Waals surface area contributed by atoms with Crippen molar-refractivity contribution in [2.75, 3.05) is 11.9 Å². The lowest BCUT2D eigenvalue weighted by atomic mass is 10.0. The third-order valence-electron chi connectivity index (χ3n) is 6.09. The van der Waals surface area contributed by atoms with E-state index in [9.17, 15) is 28.8 Å². The number of aryl methyl sites for hydroxylation is 1. The zero-order chi connectivity index (χ0) is 26.0. The number of hydrogen-bond donors (Lipinski definition) is 3. The molecule has 12 heteroatoms. The van der Waals surface area contributed by atoms with Gasteiger partial charge in [0.15, 0.2) is 5.82 Å². The summed E-state index contributed by atoms with van der Waals surface area (Å²) in [7, 11) is 0. The number of anilines is 1. The minimum Gasteiger partial charge on any atom is -0.362 e. The van der Waals surface area contributed by atoms with Gasteiger partial charge in [-0.15, -0.1) is 0 Å². The molecule has 2 aromatic rings. The van der Waals surface area contributed by atoms with Gasteiger partial charge in [-0.05, 0) is 42.9 Å². The lowest BCUT2D eigenvalue weighted by Crippen LogP contribution is -2.54. The third-order valence-corrected chi connectivity index (χ3v) is 6.09. The zero-order valence-electron chi connectivity index (χ0n) is 19.8. The summed E-state index contributed by atoms with van der Waals surface area (Å²) in [6.45, 7) is 4.00. The first-order chi connectivity index (χ1) is 17.2. The summed E-state index contributed by atoms with van der Waals surface area (Å²) in [6, 6.07) is 3.81. The fourth-order valence-corrected chi connectivity index (χ4v) is 4.16. The Hall–Kier alpha value is -4.35. The Morgan fingerprint density at radius 2 is 1.89 bits per heavy atom. The molecule has 4 rings (SSSR count). The van der Waals surface area contributed by atoms with Crippen molar-refractivity contribution < 1.29 is 33.3 Å². The summed E-state index contributed by atoms with van der Waals surface area (Å²) < 4.78 is 4.85. The Morgan fingerprint density at radius 1 is 1.14 bits per heavy atom. The van der Waals surface area contributed by atoms with Crippen LogP contribution in [0.1, 0.15) is 70.9 Å². The summed E-state index contributed by atoms with van der Waals surface area (Å²) in [5, 5.41) is 10.8. The van der Waals surface area contributed by atoms with Crippen LogP contribution in [0, 0.1) is 0 Å². The van der Waals surface area contributed by atoms with E-state index in [1.54, 1.807) is 12.1 Å². The van der Waals surface area contributed by atoms with Gasteiger partial charge >= 0.3 is 11.8 Å². The number of imide groups is 2. The number of benzene rings is 1.